The summed E-state index contributed by atoms with van der Waals surface area (Å²) in [7, 11) is 5.76. The Morgan fingerprint density at radius 3 is 2.40 bits per heavy atom. The molecule has 0 radical (unpaired) electrons. The summed E-state index contributed by atoms with van der Waals surface area (Å²) in [6, 6.07) is 7.83. The molecule has 0 aliphatic heterocycles. The second kappa shape index (κ2) is 6.07. The van der Waals surface area contributed by atoms with Crippen LogP contribution in [-0.2, 0) is 4.79 Å². The number of ketones is 1. The van der Waals surface area contributed by atoms with Gasteiger partial charge in [0.25, 0.3) is 5.91 Å². The second-order valence-electron chi connectivity index (χ2n) is 5.63. The molecule has 1 aliphatic carbocycles. The molecule has 20 heavy (non-hydrogen) atoms. The van der Waals surface area contributed by atoms with E-state index in [0.717, 1.165) is 18.5 Å². The molecular formula is C16H22N2O2. The van der Waals surface area contributed by atoms with Crippen molar-refractivity contribution in [2.45, 2.75) is 31.7 Å². The first-order chi connectivity index (χ1) is 9.49. The van der Waals surface area contributed by atoms with Gasteiger partial charge in [0.15, 0.2) is 0 Å². The molecule has 0 N–H and O–H groups in total. The molecule has 1 fully saturated rings. The monoisotopic (exact) mass is 274 g/mol. The Kier molecular flexibility index (Phi) is 4.42. The second-order valence-corrected chi connectivity index (χ2v) is 5.63. The molecule has 0 spiro atoms. The molecule has 1 saturated carbocycles. The number of benzene rings is 1. The normalized spacial score (nSPS) is 16.1. The van der Waals surface area contributed by atoms with Crippen LogP contribution in [0.15, 0.2) is 24.3 Å². The topological polar surface area (TPSA) is 40.6 Å². The summed E-state index contributed by atoms with van der Waals surface area (Å²) in [6.07, 6.45) is 2.77. The average molecular weight is 274 g/mol. The highest BCUT2D eigenvalue weighted by Crippen LogP contribution is 2.22. The van der Waals surface area contributed by atoms with Crippen LogP contribution in [0, 0.1) is 0 Å². The first kappa shape index (κ1) is 14.6. The summed E-state index contributed by atoms with van der Waals surface area (Å²) in [4.78, 5) is 27.6. The number of Topliss-reactive ketones (excluding diaryl/α,β-unsaturated/α-hetero) is 1. The largest absolute Gasteiger partial charge is 0.378 e. The van der Waals surface area contributed by atoms with Gasteiger partial charge in [0.1, 0.15) is 5.78 Å². The molecule has 0 atom stereocenters. The Morgan fingerprint density at radius 1 is 1.15 bits per heavy atom. The van der Waals surface area contributed by atoms with Gasteiger partial charge in [-0.15, -0.1) is 0 Å². The molecule has 1 aromatic carbocycles. The van der Waals surface area contributed by atoms with Gasteiger partial charge in [-0.05, 0) is 31.0 Å². The molecule has 0 heterocycles. The number of rotatable bonds is 3. The minimum atomic E-state index is 0.0352. The standard InChI is InChI=1S/C16H22N2O2/c1-17(2)14-6-4-5-12(11-14)16(20)18(3)13-7-9-15(19)10-8-13/h4-6,11,13H,7-10H2,1-3H3. The van der Waals surface area contributed by atoms with E-state index in [4.69, 9.17) is 0 Å². The highest BCUT2D eigenvalue weighted by atomic mass is 16.2. The zero-order valence-electron chi connectivity index (χ0n) is 12.4. The van der Waals surface area contributed by atoms with Gasteiger partial charge in [0.2, 0.25) is 0 Å². The fourth-order valence-electron chi connectivity index (χ4n) is 2.60. The minimum Gasteiger partial charge on any atom is -0.378 e. The molecule has 0 unspecified atom stereocenters. The van der Waals surface area contributed by atoms with Crippen molar-refractivity contribution in [2.24, 2.45) is 0 Å². The zero-order chi connectivity index (χ0) is 14.7. The molecule has 4 nitrogen and oxygen atoms in total. The van der Waals surface area contributed by atoms with Crippen molar-refractivity contribution in [1.29, 1.82) is 0 Å². The number of anilines is 1. The quantitative estimate of drug-likeness (QED) is 0.849. The molecule has 0 aromatic heterocycles. The predicted molar refractivity (Wildman–Crippen MR) is 80.1 cm³/mol. The molecule has 1 aromatic rings. The smallest absolute Gasteiger partial charge is 0.253 e. The summed E-state index contributed by atoms with van der Waals surface area (Å²) in [5, 5.41) is 0. The van der Waals surface area contributed by atoms with Crippen molar-refractivity contribution in [2.75, 3.05) is 26.0 Å². The maximum atomic E-state index is 12.5. The maximum absolute atomic E-state index is 12.5. The molecule has 2 rings (SSSR count). The Hall–Kier alpha value is -1.84. The van der Waals surface area contributed by atoms with Crippen LogP contribution in [0.3, 0.4) is 0 Å². The van der Waals surface area contributed by atoms with E-state index in [1.165, 1.54) is 0 Å². The van der Waals surface area contributed by atoms with Gasteiger partial charge in [-0.3, -0.25) is 9.59 Å². The molecule has 108 valence electrons. The van der Waals surface area contributed by atoms with E-state index >= 15 is 0 Å². The number of carbonyl (C=O) groups is 2. The van der Waals surface area contributed by atoms with Crippen LogP contribution in [0.2, 0.25) is 0 Å². The van der Waals surface area contributed by atoms with Crippen molar-refractivity contribution in [3.8, 4) is 0 Å². The first-order valence-electron chi connectivity index (χ1n) is 7.05. The summed E-state index contributed by atoms with van der Waals surface area (Å²) in [5.41, 5.74) is 1.72. The third-order valence-electron chi connectivity index (χ3n) is 3.99. The Labute approximate surface area is 120 Å². The number of hydrogen-bond donors (Lipinski definition) is 0. The summed E-state index contributed by atoms with van der Waals surface area (Å²) in [5.74, 6) is 0.352. The molecule has 0 saturated heterocycles. The van der Waals surface area contributed by atoms with Gasteiger partial charge in [0.05, 0.1) is 0 Å². The van der Waals surface area contributed by atoms with E-state index in [-0.39, 0.29) is 11.9 Å². The molecule has 1 aliphatic rings. The maximum Gasteiger partial charge on any atom is 0.253 e. The summed E-state index contributed by atoms with van der Waals surface area (Å²) < 4.78 is 0. The van der Waals surface area contributed by atoms with Crippen LogP contribution in [0.4, 0.5) is 5.69 Å². The SMILES string of the molecule is CN(C)c1cccc(C(=O)N(C)C2CCC(=O)CC2)c1. The highest BCUT2D eigenvalue weighted by Gasteiger charge is 2.25. The Balaban J connectivity index is 2.10. The third-order valence-corrected chi connectivity index (χ3v) is 3.99. The number of amides is 1. The Bertz CT molecular complexity index is 501. The van der Waals surface area contributed by atoms with Crippen LogP contribution < -0.4 is 4.90 Å². The minimum absolute atomic E-state index is 0.0352. The van der Waals surface area contributed by atoms with Crippen molar-refractivity contribution in [1.82, 2.24) is 4.90 Å². The van der Waals surface area contributed by atoms with Crippen LogP contribution in [0.1, 0.15) is 36.0 Å². The van der Waals surface area contributed by atoms with Crippen molar-refractivity contribution < 1.29 is 9.59 Å². The third kappa shape index (κ3) is 3.18. The molecular weight excluding hydrogens is 252 g/mol. The lowest BCUT2D eigenvalue weighted by molar-refractivity contribution is -0.121. The van der Waals surface area contributed by atoms with E-state index in [1.807, 2.05) is 50.3 Å². The highest BCUT2D eigenvalue weighted by molar-refractivity contribution is 5.95. The van der Waals surface area contributed by atoms with E-state index in [0.29, 0.717) is 24.2 Å². The fourth-order valence-corrected chi connectivity index (χ4v) is 2.60. The zero-order valence-corrected chi connectivity index (χ0v) is 12.4. The van der Waals surface area contributed by atoms with Crippen molar-refractivity contribution >= 4 is 17.4 Å². The van der Waals surface area contributed by atoms with Crippen molar-refractivity contribution in [3.05, 3.63) is 29.8 Å². The number of carbonyl (C=O) groups excluding carboxylic acids is 2. The van der Waals surface area contributed by atoms with Crippen LogP contribution >= 0.6 is 0 Å². The van der Waals surface area contributed by atoms with Crippen LogP contribution in [0.5, 0.6) is 0 Å². The van der Waals surface area contributed by atoms with E-state index in [1.54, 1.807) is 4.90 Å². The van der Waals surface area contributed by atoms with Gasteiger partial charge < -0.3 is 9.80 Å². The molecule has 0 bridgehead atoms. The predicted octanol–water partition coefficient (Wildman–Crippen LogP) is 2.34. The lowest BCUT2D eigenvalue weighted by Gasteiger charge is -2.31. The lowest BCUT2D eigenvalue weighted by atomic mass is 9.93. The van der Waals surface area contributed by atoms with Gasteiger partial charge in [-0.2, -0.15) is 0 Å². The van der Waals surface area contributed by atoms with E-state index in [9.17, 15) is 9.59 Å². The lowest BCUT2D eigenvalue weighted by Crippen LogP contribution is -2.39. The van der Waals surface area contributed by atoms with Crippen LogP contribution in [-0.4, -0.2) is 43.8 Å². The molecule has 4 heteroatoms. The van der Waals surface area contributed by atoms with Gasteiger partial charge in [0, 0.05) is 51.3 Å². The number of nitrogens with zero attached hydrogens (tertiary/aromatic N) is 2. The van der Waals surface area contributed by atoms with Gasteiger partial charge in [-0.1, -0.05) is 6.07 Å². The molecule has 1 amide bonds. The summed E-state index contributed by atoms with van der Waals surface area (Å²) in [6.45, 7) is 0. The fraction of sp³-hybridized carbons (Fsp3) is 0.500. The van der Waals surface area contributed by atoms with Gasteiger partial charge in [-0.25, -0.2) is 0 Å². The van der Waals surface area contributed by atoms with E-state index < -0.39 is 0 Å². The number of hydrogen-bond acceptors (Lipinski definition) is 3. The first-order valence-corrected chi connectivity index (χ1v) is 7.05. The van der Waals surface area contributed by atoms with Crippen molar-refractivity contribution in [3.63, 3.8) is 0 Å². The van der Waals surface area contributed by atoms with Crippen LogP contribution in [0.25, 0.3) is 0 Å². The Morgan fingerprint density at radius 2 is 1.80 bits per heavy atom. The van der Waals surface area contributed by atoms with Gasteiger partial charge >= 0.3 is 0 Å². The van der Waals surface area contributed by atoms with E-state index in [2.05, 4.69) is 0 Å². The summed E-state index contributed by atoms with van der Waals surface area (Å²) >= 11 is 0. The average Bonchev–Trinajstić information content (AvgIpc) is 2.46.